The summed E-state index contributed by atoms with van der Waals surface area (Å²) >= 11 is 0. The number of aliphatic imine (C=N–C) groups is 1. The number of hydrogen-bond donors (Lipinski definition) is 2. The first-order valence-corrected chi connectivity index (χ1v) is 4.52. The average Bonchev–Trinajstić information content (AvgIpc) is 2.60. The van der Waals surface area contributed by atoms with Crippen LogP contribution in [0.15, 0.2) is 4.99 Å². The molecule has 1 fully saturated rings. The molecule has 2 aliphatic rings. The van der Waals surface area contributed by atoms with Gasteiger partial charge in [-0.15, -0.1) is 0 Å². The summed E-state index contributed by atoms with van der Waals surface area (Å²) in [5, 5.41) is 3.23. The molecule has 68 valence electrons. The van der Waals surface area contributed by atoms with Gasteiger partial charge in [0.25, 0.3) is 0 Å². The molecule has 0 aromatic rings. The van der Waals surface area contributed by atoms with Gasteiger partial charge in [0.15, 0.2) is 0 Å². The van der Waals surface area contributed by atoms with E-state index in [1.54, 1.807) is 0 Å². The van der Waals surface area contributed by atoms with Crippen molar-refractivity contribution < 1.29 is 4.74 Å². The number of ether oxygens (including phenoxy) is 1. The van der Waals surface area contributed by atoms with E-state index in [0.29, 0.717) is 6.04 Å². The van der Waals surface area contributed by atoms with Gasteiger partial charge < -0.3 is 15.8 Å². The van der Waals surface area contributed by atoms with Crippen molar-refractivity contribution in [1.29, 1.82) is 0 Å². The standard InChI is InChI=1S/C8H15N3O/c1-2-5(9)8-11-6-3-10-4-7(6)12-8/h5-7,10H,2-4,9H2,1H3. The summed E-state index contributed by atoms with van der Waals surface area (Å²) < 4.78 is 5.60. The molecular weight excluding hydrogens is 154 g/mol. The molecule has 0 aromatic heterocycles. The summed E-state index contributed by atoms with van der Waals surface area (Å²) in [6.07, 6.45) is 1.14. The summed E-state index contributed by atoms with van der Waals surface area (Å²) in [5.41, 5.74) is 5.81. The highest BCUT2D eigenvalue weighted by molar-refractivity contribution is 5.83. The number of nitrogens with one attached hydrogen (secondary N) is 1. The summed E-state index contributed by atoms with van der Waals surface area (Å²) in [7, 11) is 0. The Morgan fingerprint density at radius 1 is 1.75 bits per heavy atom. The minimum atomic E-state index is -0.00407. The lowest BCUT2D eigenvalue weighted by Crippen LogP contribution is -2.32. The lowest BCUT2D eigenvalue weighted by atomic mass is 10.2. The predicted molar refractivity (Wildman–Crippen MR) is 47.2 cm³/mol. The third-order valence-corrected chi connectivity index (χ3v) is 2.45. The number of nitrogens with zero attached hydrogens (tertiary/aromatic N) is 1. The van der Waals surface area contributed by atoms with Crippen molar-refractivity contribution in [2.24, 2.45) is 10.7 Å². The molecule has 3 N–H and O–H groups in total. The maximum Gasteiger partial charge on any atom is 0.201 e. The molecule has 2 heterocycles. The molecule has 0 radical (unpaired) electrons. The largest absolute Gasteiger partial charge is 0.473 e. The molecule has 0 bridgehead atoms. The minimum absolute atomic E-state index is 0.00407. The van der Waals surface area contributed by atoms with Gasteiger partial charge in [-0.05, 0) is 6.42 Å². The number of fused-ring (bicyclic) bond motifs is 1. The van der Waals surface area contributed by atoms with Gasteiger partial charge in [0.05, 0.1) is 6.04 Å². The van der Waals surface area contributed by atoms with Crippen molar-refractivity contribution in [2.45, 2.75) is 31.5 Å². The zero-order chi connectivity index (χ0) is 8.55. The monoisotopic (exact) mass is 169 g/mol. The van der Waals surface area contributed by atoms with Gasteiger partial charge in [-0.1, -0.05) is 6.92 Å². The second-order valence-corrected chi connectivity index (χ2v) is 3.36. The molecule has 2 aliphatic heterocycles. The zero-order valence-corrected chi connectivity index (χ0v) is 7.29. The molecular formula is C8H15N3O. The highest BCUT2D eigenvalue weighted by Crippen LogP contribution is 2.18. The molecule has 0 saturated carbocycles. The van der Waals surface area contributed by atoms with E-state index in [-0.39, 0.29) is 12.1 Å². The fraction of sp³-hybridized carbons (Fsp3) is 0.875. The normalized spacial score (nSPS) is 35.7. The van der Waals surface area contributed by atoms with E-state index in [9.17, 15) is 0 Å². The van der Waals surface area contributed by atoms with Crippen LogP contribution in [0, 0.1) is 0 Å². The summed E-state index contributed by atoms with van der Waals surface area (Å²) in [4.78, 5) is 4.43. The number of rotatable bonds is 2. The highest BCUT2D eigenvalue weighted by Gasteiger charge is 2.36. The third kappa shape index (κ3) is 1.21. The molecule has 1 saturated heterocycles. The maximum atomic E-state index is 5.81. The Hall–Kier alpha value is -0.610. The van der Waals surface area contributed by atoms with Crippen LogP contribution in [0.4, 0.5) is 0 Å². The van der Waals surface area contributed by atoms with Gasteiger partial charge in [-0.3, -0.25) is 0 Å². The molecule has 0 aromatic carbocycles. The lowest BCUT2D eigenvalue weighted by Gasteiger charge is -2.11. The Labute approximate surface area is 72.2 Å². The van der Waals surface area contributed by atoms with Crippen molar-refractivity contribution in [1.82, 2.24) is 5.32 Å². The van der Waals surface area contributed by atoms with Gasteiger partial charge in [-0.2, -0.15) is 0 Å². The molecule has 12 heavy (non-hydrogen) atoms. The summed E-state index contributed by atoms with van der Waals surface area (Å²) in [5.74, 6) is 0.758. The van der Waals surface area contributed by atoms with Crippen LogP contribution in [0.3, 0.4) is 0 Å². The lowest BCUT2D eigenvalue weighted by molar-refractivity contribution is 0.216. The fourth-order valence-corrected chi connectivity index (χ4v) is 1.60. The second kappa shape index (κ2) is 3.03. The average molecular weight is 169 g/mol. The van der Waals surface area contributed by atoms with Crippen molar-refractivity contribution in [3.63, 3.8) is 0 Å². The third-order valence-electron chi connectivity index (χ3n) is 2.45. The van der Waals surface area contributed by atoms with Crippen LogP contribution in [0.25, 0.3) is 0 Å². The van der Waals surface area contributed by atoms with Gasteiger partial charge in [-0.25, -0.2) is 4.99 Å². The first-order chi connectivity index (χ1) is 5.81. The molecule has 3 unspecified atom stereocenters. The van der Waals surface area contributed by atoms with Crippen LogP contribution < -0.4 is 11.1 Å². The van der Waals surface area contributed by atoms with Crippen LogP contribution in [0.2, 0.25) is 0 Å². The van der Waals surface area contributed by atoms with Gasteiger partial charge in [0, 0.05) is 13.1 Å². The van der Waals surface area contributed by atoms with Gasteiger partial charge in [0.2, 0.25) is 5.90 Å². The highest BCUT2D eigenvalue weighted by atomic mass is 16.5. The van der Waals surface area contributed by atoms with Crippen molar-refractivity contribution >= 4 is 5.90 Å². The van der Waals surface area contributed by atoms with Crippen LogP contribution in [0.1, 0.15) is 13.3 Å². The summed E-state index contributed by atoms with van der Waals surface area (Å²) in [6, 6.07) is 0.313. The van der Waals surface area contributed by atoms with Crippen LogP contribution in [0.5, 0.6) is 0 Å². The molecule has 4 nitrogen and oxygen atoms in total. The van der Waals surface area contributed by atoms with Crippen LogP contribution in [-0.4, -0.2) is 37.2 Å². The topological polar surface area (TPSA) is 59.6 Å². The Kier molecular flexibility index (Phi) is 2.02. The predicted octanol–water partition coefficient (Wildman–Crippen LogP) is -0.507. The first-order valence-electron chi connectivity index (χ1n) is 4.52. The molecule has 4 heteroatoms. The van der Waals surface area contributed by atoms with E-state index in [1.165, 1.54) is 0 Å². The van der Waals surface area contributed by atoms with E-state index in [1.807, 2.05) is 6.92 Å². The van der Waals surface area contributed by atoms with Crippen LogP contribution >= 0.6 is 0 Å². The number of hydrogen-bond acceptors (Lipinski definition) is 4. The van der Waals surface area contributed by atoms with Crippen molar-refractivity contribution in [3.8, 4) is 0 Å². The zero-order valence-electron chi connectivity index (χ0n) is 7.29. The maximum absolute atomic E-state index is 5.81. The Balaban J connectivity index is 2.02. The summed E-state index contributed by atoms with van der Waals surface area (Å²) in [6.45, 7) is 3.89. The van der Waals surface area contributed by atoms with Gasteiger partial charge in [0.1, 0.15) is 12.1 Å². The second-order valence-electron chi connectivity index (χ2n) is 3.36. The Morgan fingerprint density at radius 2 is 2.58 bits per heavy atom. The Morgan fingerprint density at radius 3 is 3.25 bits per heavy atom. The molecule has 0 amide bonds. The van der Waals surface area contributed by atoms with E-state index < -0.39 is 0 Å². The van der Waals surface area contributed by atoms with E-state index in [0.717, 1.165) is 25.4 Å². The minimum Gasteiger partial charge on any atom is -0.473 e. The van der Waals surface area contributed by atoms with Crippen LogP contribution in [-0.2, 0) is 4.74 Å². The molecule has 0 aliphatic carbocycles. The smallest absolute Gasteiger partial charge is 0.201 e. The van der Waals surface area contributed by atoms with Gasteiger partial charge >= 0.3 is 0 Å². The number of nitrogens with two attached hydrogens (primary N) is 1. The van der Waals surface area contributed by atoms with Crippen molar-refractivity contribution in [2.75, 3.05) is 13.1 Å². The Bertz CT molecular complexity index is 204. The molecule has 3 atom stereocenters. The van der Waals surface area contributed by atoms with E-state index in [4.69, 9.17) is 10.5 Å². The van der Waals surface area contributed by atoms with E-state index in [2.05, 4.69) is 10.3 Å². The van der Waals surface area contributed by atoms with Crippen molar-refractivity contribution in [3.05, 3.63) is 0 Å². The first kappa shape index (κ1) is 8.01. The molecule has 2 rings (SSSR count). The SMILES string of the molecule is CCC(N)C1=NC2CNCC2O1. The van der Waals surface area contributed by atoms with E-state index >= 15 is 0 Å². The fourth-order valence-electron chi connectivity index (χ4n) is 1.60. The quantitative estimate of drug-likeness (QED) is 0.585. The molecule has 0 spiro atoms.